The first-order chi connectivity index (χ1) is 23.4. The normalized spacial score (nSPS) is 17.0. The average Bonchev–Trinajstić information content (AvgIpc) is 3.48. The molecule has 9 rings (SSSR count). The van der Waals surface area contributed by atoms with E-state index in [2.05, 4.69) is 139 Å². The molecule has 4 nitrogen and oxygen atoms in total. The van der Waals surface area contributed by atoms with Crippen LogP contribution in [0.4, 0.5) is 0 Å². The van der Waals surface area contributed by atoms with Gasteiger partial charge in [0.1, 0.15) is 0 Å². The van der Waals surface area contributed by atoms with E-state index in [9.17, 15) is 0 Å². The van der Waals surface area contributed by atoms with Gasteiger partial charge in [-0.1, -0.05) is 68.4 Å². The van der Waals surface area contributed by atoms with Crippen molar-refractivity contribution in [2.24, 2.45) is 0 Å². The number of allylic oxidation sites excluding steroid dienone is 1. The van der Waals surface area contributed by atoms with Crippen molar-refractivity contribution in [2.45, 2.75) is 57.9 Å². The Morgan fingerprint density at radius 1 is 0.812 bits per heavy atom. The van der Waals surface area contributed by atoms with Crippen molar-refractivity contribution in [3.63, 3.8) is 0 Å². The van der Waals surface area contributed by atoms with Crippen molar-refractivity contribution >= 4 is 27.8 Å². The molecule has 0 aliphatic carbocycles. The second-order valence-electron chi connectivity index (χ2n) is 13.9. The molecule has 0 fully saturated rings. The van der Waals surface area contributed by atoms with Crippen LogP contribution in [0.25, 0.3) is 61.4 Å². The quantitative estimate of drug-likeness (QED) is 0.179. The summed E-state index contributed by atoms with van der Waals surface area (Å²) in [6.45, 7) is 11.3. The van der Waals surface area contributed by atoms with Crippen molar-refractivity contribution in [2.75, 3.05) is 0 Å². The van der Waals surface area contributed by atoms with Crippen molar-refractivity contribution in [1.82, 2.24) is 4.98 Å². The molecule has 2 aliphatic heterocycles. The van der Waals surface area contributed by atoms with E-state index < -0.39 is 0 Å². The second kappa shape index (κ2) is 11.1. The fourth-order valence-corrected chi connectivity index (χ4v) is 8.22. The number of hydrogen-bond donors (Lipinski definition) is 0. The Morgan fingerprint density at radius 2 is 1.62 bits per heavy atom. The molecule has 2 atom stereocenters. The lowest BCUT2D eigenvalue weighted by molar-refractivity contribution is -0.720. The number of rotatable bonds is 2. The largest absolute Gasteiger partial charge is 0.437 e. The molecule has 7 aromatic rings. The van der Waals surface area contributed by atoms with E-state index in [0.29, 0.717) is 17.5 Å². The van der Waals surface area contributed by atoms with Gasteiger partial charge in [0.2, 0.25) is 17.1 Å². The predicted molar refractivity (Wildman–Crippen MR) is 194 cm³/mol. The molecular formula is C44H39N3O+2. The lowest BCUT2D eigenvalue weighted by atomic mass is 9.77. The summed E-state index contributed by atoms with van der Waals surface area (Å²) >= 11 is 0. The first kappa shape index (κ1) is 28.8. The maximum absolute atomic E-state index is 6.73. The van der Waals surface area contributed by atoms with Gasteiger partial charge in [-0.15, -0.1) is 0 Å². The van der Waals surface area contributed by atoms with Gasteiger partial charge in [-0.2, -0.15) is 9.13 Å². The van der Waals surface area contributed by atoms with Crippen molar-refractivity contribution in [3.8, 4) is 33.6 Å². The summed E-state index contributed by atoms with van der Waals surface area (Å²) in [7, 11) is 0. The molecule has 234 valence electrons. The third-order valence-electron chi connectivity index (χ3n) is 10.7. The average molecular weight is 626 g/mol. The number of aryl methyl sites for hydroxylation is 2. The van der Waals surface area contributed by atoms with Crippen molar-refractivity contribution in [3.05, 3.63) is 144 Å². The van der Waals surface area contributed by atoms with Gasteiger partial charge in [0, 0.05) is 52.2 Å². The second-order valence-corrected chi connectivity index (χ2v) is 13.9. The number of pyridine rings is 3. The van der Waals surface area contributed by atoms with E-state index in [-0.39, 0.29) is 6.04 Å². The maximum atomic E-state index is 6.73. The lowest BCUT2D eigenvalue weighted by Crippen LogP contribution is -2.49. The molecule has 2 aliphatic rings. The first-order valence-electron chi connectivity index (χ1n) is 17.2. The van der Waals surface area contributed by atoms with E-state index in [1.165, 1.54) is 39.1 Å². The van der Waals surface area contributed by atoms with Crippen molar-refractivity contribution < 1.29 is 13.6 Å². The summed E-state index contributed by atoms with van der Waals surface area (Å²) in [5.41, 5.74) is 14.9. The number of nitrogens with zero attached hydrogens (tertiary/aromatic N) is 3. The van der Waals surface area contributed by atoms with Crippen LogP contribution < -0.4 is 9.13 Å². The fraction of sp³-hybridized carbons (Fsp3) is 0.205. The van der Waals surface area contributed by atoms with Gasteiger partial charge in [-0.05, 0) is 84.3 Å². The van der Waals surface area contributed by atoms with Gasteiger partial charge in [0.15, 0.2) is 29.7 Å². The first-order valence-corrected chi connectivity index (χ1v) is 17.2. The summed E-state index contributed by atoms with van der Waals surface area (Å²) in [5, 5.41) is 2.15. The van der Waals surface area contributed by atoms with Crippen LogP contribution in [0.1, 0.15) is 67.0 Å². The topological polar surface area (TPSA) is 33.8 Å². The Hall–Kier alpha value is -5.35. The predicted octanol–water partition coefficient (Wildman–Crippen LogP) is 10.1. The number of benzene rings is 3. The summed E-state index contributed by atoms with van der Waals surface area (Å²) in [4.78, 5) is 4.80. The Bertz CT molecular complexity index is 2400. The summed E-state index contributed by atoms with van der Waals surface area (Å²) in [6.07, 6.45) is 7.25. The molecule has 6 heterocycles. The van der Waals surface area contributed by atoms with Gasteiger partial charge in [0.25, 0.3) is 0 Å². The van der Waals surface area contributed by atoms with Crippen LogP contribution in [0.5, 0.6) is 0 Å². The van der Waals surface area contributed by atoms with E-state index in [1.807, 2.05) is 6.92 Å². The number of fused-ring (bicyclic) bond motifs is 13. The van der Waals surface area contributed by atoms with E-state index in [1.54, 1.807) is 0 Å². The number of aromatic nitrogens is 3. The maximum Gasteiger partial charge on any atom is 0.227 e. The minimum atomic E-state index is 0.246. The standard InChI is InChI=1S/C44H39N3O/c1-27(2)30-13-15-31(16-14-30)33-22-24-46-29(4)25-40-36(34-9-5-6-10-35(34)39-11-7-8-23-47(39)40)20-17-32-18-21-37-38-19-12-28(3)45-44(38)48-43(37)42(32)41(46)26-33/h5-16,18-19,21-24,26-27,36,40H,4,17,20,25H2,1-3H3/q+2. The molecule has 0 saturated heterocycles. The smallest absolute Gasteiger partial charge is 0.227 e. The lowest BCUT2D eigenvalue weighted by Gasteiger charge is -2.31. The number of furan rings is 1. The summed E-state index contributed by atoms with van der Waals surface area (Å²) in [5.74, 6) is 0.827. The molecule has 0 bridgehead atoms. The van der Waals surface area contributed by atoms with Crippen LogP contribution in [0.15, 0.2) is 127 Å². The van der Waals surface area contributed by atoms with Gasteiger partial charge in [-0.25, -0.2) is 4.98 Å². The van der Waals surface area contributed by atoms with Gasteiger partial charge < -0.3 is 4.42 Å². The number of hydrogen-bond acceptors (Lipinski definition) is 2. The van der Waals surface area contributed by atoms with E-state index >= 15 is 0 Å². The molecule has 0 N–H and O–H groups in total. The van der Waals surface area contributed by atoms with E-state index in [4.69, 9.17) is 16.0 Å². The fourth-order valence-electron chi connectivity index (χ4n) is 8.22. The van der Waals surface area contributed by atoms with Crippen LogP contribution in [0.2, 0.25) is 0 Å². The van der Waals surface area contributed by atoms with Gasteiger partial charge in [-0.3, -0.25) is 0 Å². The molecule has 3 aromatic carbocycles. The molecule has 48 heavy (non-hydrogen) atoms. The minimum absolute atomic E-state index is 0.246. The van der Waals surface area contributed by atoms with Gasteiger partial charge >= 0.3 is 0 Å². The zero-order chi connectivity index (χ0) is 32.5. The van der Waals surface area contributed by atoms with E-state index in [0.717, 1.165) is 58.3 Å². The van der Waals surface area contributed by atoms with Crippen LogP contribution in [-0.2, 0) is 6.42 Å². The van der Waals surface area contributed by atoms with Crippen LogP contribution in [-0.4, -0.2) is 4.98 Å². The Balaban J connectivity index is 1.29. The monoisotopic (exact) mass is 625 g/mol. The Kier molecular flexibility index (Phi) is 6.68. The summed E-state index contributed by atoms with van der Waals surface area (Å²) in [6, 6.07) is 38.2. The Morgan fingerprint density at radius 3 is 2.48 bits per heavy atom. The molecule has 4 heteroatoms. The van der Waals surface area contributed by atoms with Crippen LogP contribution in [0, 0.1) is 6.92 Å². The van der Waals surface area contributed by atoms with Crippen LogP contribution in [0.3, 0.4) is 0 Å². The molecular weight excluding hydrogens is 587 g/mol. The molecule has 0 amide bonds. The molecule has 2 unspecified atom stereocenters. The SMILES string of the molecule is C=C1CC2C(CCc3ccc4c(oc5nc(C)ccc54)c3-c3cc(-c4ccc(C(C)C)cc4)cc[n+]31)c1ccccc1-c1cccc[n+]12. The third kappa shape index (κ3) is 4.54. The van der Waals surface area contributed by atoms with Crippen LogP contribution >= 0.6 is 0 Å². The van der Waals surface area contributed by atoms with Crippen molar-refractivity contribution in [1.29, 1.82) is 0 Å². The Labute approximate surface area is 281 Å². The zero-order valence-electron chi connectivity index (χ0n) is 27.8. The highest BCUT2D eigenvalue weighted by molar-refractivity contribution is 6.09. The van der Waals surface area contributed by atoms with Gasteiger partial charge in [0.05, 0.1) is 12.0 Å². The minimum Gasteiger partial charge on any atom is -0.437 e. The third-order valence-corrected chi connectivity index (χ3v) is 10.7. The zero-order valence-corrected chi connectivity index (χ0v) is 27.8. The summed E-state index contributed by atoms with van der Waals surface area (Å²) < 4.78 is 11.6. The highest BCUT2D eigenvalue weighted by atomic mass is 16.3. The highest BCUT2D eigenvalue weighted by Crippen LogP contribution is 2.45. The molecule has 0 spiro atoms. The molecule has 0 saturated carbocycles. The molecule has 0 radical (unpaired) electrons. The highest BCUT2D eigenvalue weighted by Gasteiger charge is 2.42. The molecule has 4 aromatic heterocycles.